The van der Waals surface area contributed by atoms with E-state index in [9.17, 15) is 0 Å². The highest BCUT2D eigenvalue weighted by molar-refractivity contribution is 6.33. The summed E-state index contributed by atoms with van der Waals surface area (Å²) in [5, 5.41) is 4.01. The Kier molecular flexibility index (Phi) is 3.56. The smallest absolute Gasteiger partial charge is 0.179 e. The summed E-state index contributed by atoms with van der Waals surface area (Å²) in [5.74, 6) is 1.79. The first kappa shape index (κ1) is 11.6. The second-order valence-electron chi connectivity index (χ2n) is 3.89. The molecule has 0 bridgehead atoms. The molecule has 1 saturated heterocycles. The van der Waals surface area contributed by atoms with Gasteiger partial charge in [0.05, 0.1) is 19.2 Å². The minimum Gasteiger partial charge on any atom is -0.493 e. The number of hydrogen-bond donors (Lipinski definition) is 1. The zero-order valence-corrected chi connectivity index (χ0v) is 10.3. The molecule has 4 heteroatoms. The minimum absolute atomic E-state index is 0.479. The molecule has 0 aromatic heterocycles. The van der Waals surface area contributed by atoms with Crippen LogP contribution < -0.4 is 14.8 Å². The highest BCUT2D eigenvalue weighted by Crippen LogP contribution is 2.41. The van der Waals surface area contributed by atoms with E-state index in [-0.39, 0.29) is 0 Å². The van der Waals surface area contributed by atoms with E-state index in [2.05, 4.69) is 5.32 Å². The van der Waals surface area contributed by atoms with Gasteiger partial charge in [0.1, 0.15) is 0 Å². The van der Waals surface area contributed by atoms with Crippen LogP contribution in [0.2, 0.25) is 5.02 Å². The van der Waals surface area contributed by atoms with Crippen LogP contribution in [-0.2, 0) is 0 Å². The first-order valence-corrected chi connectivity index (χ1v) is 5.76. The van der Waals surface area contributed by atoms with Crippen molar-refractivity contribution in [1.82, 2.24) is 5.32 Å². The van der Waals surface area contributed by atoms with E-state index < -0.39 is 0 Å². The molecule has 0 aliphatic carbocycles. The van der Waals surface area contributed by atoms with Gasteiger partial charge >= 0.3 is 0 Å². The summed E-state index contributed by atoms with van der Waals surface area (Å²) in [6.07, 6.45) is 1.12. The Morgan fingerprint density at radius 2 is 2.12 bits per heavy atom. The van der Waals surface area contributed by atoms with Gasteiger partial charge in [-0.05, 0) is 30.5 Å². The molecule has 1 unspecified atom stereocenters. The van der Waals surface area contributed by atoms with E-state index in [1.54, 1.807) is 14.2 Å². The highest BCUT2D eigenvalue weighted by Gasteiger charge is 2.22. The third-order valence-corrected chi connectivity index (χ3v) is 3.40. The Morgan fingerprint density at radius 3 is 2.69 bits per heavy atom. The standard InChI is InChI=1S/C12H16ClNO2/c1-15-10-4-3-9(8-5-6-14-7-8)11(13)12(10)16-2/h3-4,8,14H,5-7H2,1-2H3. The number of methoxy groups -OCH3 is 2. The third kappa shape index (κ3) is 1.97. The minimum atomic E-state index is 0.479. The second kappa shape index (κ2) is 4.93. The summed E-state index contributed by atoms with van der Waals surface area (Å²) in [7, 11) is 3.23. The number of ether oxygens (including phenoxy) is 2. The van der Waals surface area contributed by atoms with E-state index >= 15 is 0 Å². The molecule has 0 amide bonds. The fourth-order valence-corrected chi connectivity index (χ4v) is 2.53. The molecule has 1 aromatic carbocycles. The van der Waals surface area contributed by atoms with Crippen LogP contribution in [0.5, 0.6) is 11.5 Å². The lowest BCUT2D eigenvalue weighted by atomic mass is 9.98. The van der Waals surface area contributed by atoms with Crippen molar-refractivity contribution in [2.24, 2.45) is 0 Å². The van der Waals surface area contributed by atoms with Crippen LogP contribution in [-0.4, -0.2) is 27.3 Å². The Labute approximate surface area is 101 Å². The number of rotatable bonds is 3. The van der Waals surface area contributed by atoms with Crippen LogP contribution in [0.15, 0.2) is 12.1 Å². The van der Waals surface area contributed by atoms with Crippen LogP contribution in [0.4, 0.5) is 0 Å². The quantitative estimate of drug-likeness (QED) is 0.882. The average Bonchev–Trinajstić information content (AvgIpc) is 2.81. The van der Waals surface area contributed by atoms with Crippen molar-refractivity contribution in [3.05, 3.63) is 22.7 Å². The number of nitrogens with one attached hydrogen (secondary N) is 1. The van der Waals surface area contributed by atoms with Gasteiger partial charge in [0, 0.05) is 6.54 Å². The van der Waals surface area contributed by atoms with Crippen molar-refractivity contribution in [2.75, 3.05) is 27.3 Å². The second-order valence-corrected chi connectivity index (χ2v) is 4.27. The van der Waals surface area contributed by atoms with Crippen molar-refractivity contribution in [3.8, 4) is 11.5 Å². The van der Waals surface area contributed by atoms with E-state index in [0.29, 0.717) is 22.4 Å². The summed E-state index contributed by atoms with van der Waals surface area (Å²) in [6, 6.07) is 3.94. The van der Waals surface area contributed by atoms with Gasteiger partial charge in [0.25, 0.3) is 0 Å². The van der Waals surface area contributed by atoms with Gasteiger partial charge in [0.2, 0.25) is 0 Å². The van der Waals surface area contributed by atoms with Gasteiger partial charge in [-0.15, -0.1) is 0 Å². The molecule has 1 aliphatic rings. The normalized spacial score (nSPS) is 19.8. The third-order valence-electron chi connectivity index (χ3n) is 3.02. The van der Waals surface area contributed by atoms with Gasteiger partial charge in [0.15, 0.2) is 11.5 Å². The van der Waals surface area contributed by atoms with E-state index in [1.165, 1.54) is 0 Å². The molecule has 0 saturated carbocycles. The van der Waals surface area contributed by atoms with Crippen molar-refractivity contribution >= 4 is 11.6 Å². The molecule has 0 radical (unpaired) electrons. The molecule has 1 atom stereocenters. The van der Waals surface area contributed by atoms with Gasteiger partial charge in [-0.25, -0.2) is 0 Å². The van der Waals surface area contributed by atoms with Crippen LogP contribution in [0, 0.1) is 0 Å². The topological polar surface area (TPSA) is 30.5 Å². The van der Waals surface area contributed by atoms with E-state index in [4.69, 9.17) is 21.1 Å². The fraction of sp³-hybridized carbons (Fsp3) is 0.500. The predicted molar refractivity (Wildman–Crippen MR) is 64.8 cm³/mol. The lowest BCUT2D eigenvalue weighted by Crippen LogP contribution is -2.08. The predicted octanol–water partition coefficient (Wildman–Crippen LogP) is 2.43. The van der Waals surface area contributed by atoms with Gasteiger partial charge in [-0.2, -0.15) is 0 Å². The molecule has 1 aromatic rings. The molecular formula is C12H16ClNO2. The summed E-state index contributed by atoms with van der Waals surface area (Å²) >= 11 is 6.34. The maximum atomic E-state index is 6.34. The summed E-state index contributed by atoms with van der Waals surface area (Å²) in [5.41, 5.74) is 1.14. The lowest BCUT2D eigenvalue weighted by Gasteiger charge is -2.16. The molecular weight excluding hydrogens is 226 g/mol. The van der Waals surface area contributed by atoms with Gasteiger partial charge in [-0.3, -0.25) is 0 Å². The Morgan fingerprint density at radius 1 is 1.31 bits per heavy atom. The Bertz CT molecular complexity index is 376. The monoisotopic (exact) mass is 241 g/mol. The SMILES string of the molecule is COc1ccc(C2CCNC2)c(Cl)c1OC. The van der Waals surface area contributed by atoms with Gasteiger partial charge in [-0.1, -0.05) is 17.7 Å². The van der Waals surface area contributed by atoms with E-state index in [1.807, 2.05) is 12.1 Å². The Balaban J connectivity index is 2.39. The molecule has 1 aliphatic heterocycles. The van der Waals surface area contributed by atoms with Crippen molar-refractivity contribution in [1.29, 1.82) is 0 Å². The zero-order chi connectivity index (χ0) is 11.5. The lowest BCUT2D eigenvalue weighted by molar-refractivity contribution is 0.354. The largest absolute Gasteiger partial charge is 0.493 e. The number of benzene rings is 1. The summed E-state index contributed by atoms with van der Waals surface area (Å²) in [4.78, 5) is 0. The summed E-state index contributed by atoms with van der Waals surface area (Å²) in [6.45, 7) is 2.03. The van der Waals surface area contributed by atoms with Crippen molar-refractivity contribution in [2.45, 2.75) is 12.3 Å². The molecule has 0 spiro atoms. The first-order chi connectivity index (χ1) is 7.77. The molecule has 1 N–H and O–H groups in total. The van der Waals surface area contributed by atoms with Crippen LogP contribution in [0.1, 0.15) is 17.9 Å². The van der Waals surface area contributed by atoms with Crippen molar-refractivity contribution < 1.29 is 9.47 Å². The molecule has 3 nitrogen and oxygen atoms in total. The molecule has 16 heavy (non-hydrogen) atoms. The fourth-order valence-electron chi connectivity index (χ4n) is 2.14. The molecule has 1 fully saturated rings. The van der Waals surface area contributed by atoms with Crippen LogP contribution >= 0.6 is 11.6 Å². The van der Waals surface area contributed by atoms with Crippen molar-refractivity contribution in [3.63, 3.8) is 0 Å². The number of hydrogen-bond acceptors (Lipinski definition) is 3. The maximum absolute atomic E-state index is 6.34. The zero-order valence-electron chi connectivity index (χ0n) is 9.55. The van der Waals surface area contributed by atoms with Crippen LogP contribution in [0.3, 0.4) is 0 Å². The molecule has 2 rings (SSSR count). The van der Waals surface area contributed by atoms with Crippen LogP contribution in [0.25, 0.3) is 0 Å². The average molecular weight is 242 g/mol. The van der Waals surface area contributed by atoms with Gasteiger partial charge < -0.3 is 14.8 Å². The highest BCUT2D eigenvalue weighted by atomic mass is 35.5. The Hall–Kier alpha value is -0.930. The summed E-state index contributed by atoms with van der Waals surface area (Å²) < 4.78 is 10.5. The first-order valence-electron chi connectivity index (χ1n) is 5.39. The molecule has 1 heterocycles. The number of halogens is 1. The van der Waals surface area contributed by atoms with E-state index in [0.717, 1.165) is 25.1 Å². The molecule has 88 valence electrons. The maximum Gasteiger partial charge on any atom is 0.179 e.